The minimum atomic E-state index is 0.894. The zero-order valence-electron chi connectivity index (χ0n) is 14.9. The largest absolute Gasteiger partial charge is 0.284 e. The number of benzene rings is 2. The summed E-state index contributed by atoms with van der Waals surface area (Å²) in [6.07, 6.45) is 8.31. The Morgan fingerprint density at radius 2 is 1.64 bits per heavy atom. The van der Waals surface area contributed by atoms with E-state index in [0.717, 1.165) is 36.0 Å². The van der Waals surface area contributed by atoms with Crippen LogP contribution in [0, 0.1) is 0 Å². The van der Waals surface area contributed by atoms with E-state index in [9.17, 15) is 0 Å². The number of nitrogens with zero attached hydrogens (tertiary/aromatic N) is 2. The first kappa shape index (κ1) is 17.1. The topological polar surface area (TPSA) is 25.2 Å². The van der Waals surface area contributed by atoms with Gasteiger partial charge in [0.15, 0.2) is 0 Å². The Hall–Kier alpha value is -2.74. The molecule has 1 aromatic heterocycles. The van der Waals surface area contributed by atoms with Gasteiger partial charge in [0.1, 0.15) is 0 Å². The lowest BCUT2D eigenvalue weighted by atomic mass is 9.92. The van der Waals surface area contributed by atoms with E-state index in [2.05, 4.69) is 59.6 Å². The molecule has 1 aliphatic heterocycles. The van der Waals surface area contributed by atoms with Gasteiger partial charge in [0.25, 0.3) is 0 Å². The van der Waals surface area contributed by atoms with Gasteiger partial charge in [-0.05, 0) is 35.4 Å². The number of allylic oxidation sites excluding steroid dienone is 1. The molecule has 2 nitrogen and oxygen atoms in total. The minimum absolute atomic E-state index is 0.894. The van der Waals surface area contributed by atoms with Crippen molar-refractivity contribution in [2.45, 2.75) is 26.7 Å². The van der Waals surface area contributed by atoms with Crippen molar-refractivity contribution in [3.8, 4) is 0 Å². The first-order valence-electron chi connectivity index (χ1n) is 9.05. The molecule has 0 spiro atoms. The first-order valence-corrected chi connectivity index (χ1v) is 9.05. The molecule has 2 heteroatoms. The van der Waals surface area contributed by atoms with Crippen LogP contribution < -0.4 is 0 Å². The molecule has 2 heterocycles. The van der Waals surface area contributed by atoms with Crippen LogP contribution in [-0.2, 0) is 0 Å². The minimum Gasteiger partial charge on any atom is -0.284 e. The van der Waals surface area contributed by atoms with Crippen molar-refractivity contribution in [1.82, 2.24) is 4.98 Å². The number of aromatic nitrogens is 1. The number of hydrogen-bond donors (Lipinski definition) is 0. The number of aliphatic imine (C=N–C) groups is 1. The van der Waals surface area contributed by atoms with E-state index in [4.69, 9.17) is 4.99 Å². The van der Waals surface area contributed by atoms with Crippen LogP contribution in [0.3, 0.4) is 0 Å². The van der Waals surface area contributed by atoms with Gasteiger partial charge in [0.2, 0.25) is 0 Å². The summed E-state index contributed by atoms with van der Waals surface area (Å²) in [6.45, 7) is 4.89. The molecule has 0 N–H and O–H groups in total. The Balaban J connectivity index is 0.000000880. The maximum absolute atomic E-state index is 4.84. The van der Waals surface area contributed by atoms with Gasteiger partial charge >= 0.3 is 0 Å². The molecular weight excluding hydrogens is 304 g/mol. The summed E-state index contributed by atoms with van der Waals surface area (Å²) >= 11 is 0. The molecule has 4 rings (SSSR count). The maximum atomic E-state index is 4.84. The zero-order chi connectivity index (χ0) is 17.5. The van der Waals surface area contributed by atoms with Gasteiger partial charge in [-0.3, -0.25) is 9.98 Å². The Labute approximate surface area is 150 Å². The summed E-state index contributed by atoms with van der Waals surface area (Å²) in [5, 5.41) is 2.39. The van der Waals surface area contributed by atoms with Crippen molar-refractivity contribution >= 4 is 22.6 Å². The quantitative estimate of drug-likeness (QED) is 0.572. The summed E-state index contributed by atoms with van der Waals surface area (Å²) in [7, 11) is 0. The Morgan fingerprint density at radius 3 is 2.48 bits per heavy atom. The van der Waals surface area contributed by atoms with Crippen molar-refractivity contribution in [1.29, 1.82) is 0 Å². The molecule has 25 heavy (non-hydrogen) atoms. The third-order valence-corrected chi connectivity index (χ3v) is 4.24. The van der Waals surface area contributed by atoms with Gasteiger partial charge in [-0.15, -0.1) is 0 Å². The van der Waals surface area contributed by atoms with Crippen molar-refractivity contribution in [3.63, 3.8) is 0 Å². The normalized spacial score (nSPS) is 15.4. The molecule has 2 aromatic carbocycles. The monoisotopic (exact) mass is 328 g/mol. The molecule has 0 radical (unpaired) electrons. The van der Waals surface area contributed by atoms with Crippen LogP contribution in [0.25, 0.3) is 16.8 Å². The lowest BCUT2D eigenvalue weighted by Crippen LogP contribution is -2.12. The number of pyridine rings is 1. The van der Waals surface area contributed by atoms with Crippen molar-refractivity contribution in [2.24, 2.45) is 4.99 Å². The summed E-state index contributed by atoms with van der Waals surface area (Å²) in [4.78, 5) is 9.26. The van der Waals surface area contributed by atoms with Crippen LogP contribution in [0.4, 0.5) is 0 Å². The van der Waals surface area contributed by atoms with Gasteiger partial charge in [-0.1, -0.05) is 68.4 Å². The highest BCUT2D eigenvalue weighted by Crippen LogP contribution is 2.26. The molecule has 0 saturated heterocycles. The molecule has 0 amide bonds. The van der Waals surface area contributed by atoms with E-state index in [1.54, 1.807) is 0 Å². The average Bonchev–Trinajstić information content (AvgIpc) is 2.70. The lowest BCUT2D eigenvalue weighted by molar-refractivity contribution is 0.818. The zero-order valence-corrected chi connectivity index (χ0v) is 14.9. The molecule has 0 aliphatic carbocycles. The Kier molecular flexibility index (Phi) is 5.73. The van der Waals surface area contributed by atoms with E-state index in [-0.39, 0.29) is 0 Å². The smallest absolute Gasteiger partial charge is 0.0700 e. The highest BCUT2D eigenvalue weighted by molar-refractivity contribution is 6.20. The van der Waals surface area contributed by atoms with Crippen LogP contribution >= 0.6 is 0 Å². The van der Waals surface area contributed by atoms with Gasteiger partial charge in [-0.2, -0.15) is 0 Å². The fourth-order valence-electron chi connectivity index (χ4n) is 3.13. The highest BCUT2D eigenvalue weighted by Gasteiger charge is 2.16. The highest BCUT2D eigenvalue weighted by atomic mass is 14.8. The van der Waals surface area contributed by atoms with Gasteiger partial charge in [0, 0.05) is 29.9 Å². The van der Waals surface area contributed by atoms with Gasteiger partial charge < -0.3 is 0 Å². The molecule has 0 unspecified atom stereocenters. The molecule has 0 bridgehead atoms. The van der Waals surface area contributed by atoms with Gasteiger partial charge in [-0.25, -0.2) is 0 Å². The standard InChI is InChI=1S/C21H18N2.C2H6/c1-2-7-16(8-3-1)13-17-10-6-12-23-21(17)20-15-22-14-18-9-4-5-11-19(18)20;1-2/h1-5,7-9,11,13-15H,6,10,12H2;1-2H3/b17-13+;. The number of hydrogen-bond acceptors (Lipinski definition) is 2. The average molecular weight is 328 g/mol. The van der Waals surface area contributed by atoms with Crippen LogP contribution in [0.2, 0.25) is 0 Å². The molecule has 1 aliphatic rings. The van der Waals surface area contributed by atoms with E-state index in [1.807, 2.05) is 32.3 Å². The molecule has 0 atom stereocenters. The van der Waals surface area contributed by atoms with E-state index in [0.29, 0.717) is 0 Å². The SMILES string of the molecule is C(=C1/CCCN=C1c1cncc2ccccc12)/c1ccccc1.CC. The van der Waals surface area contributed by atoms with Crippen LogP contribution in [0.5, 0.6) is 0 Å². The summed E-state index contributed by atoms with van der Waals surface area (Å²) in [5.74, 6) is 0. The molecule has 3 aromatic rings. The molecule has 126 valence electrons. The fourth-order valence-corrected chi connectivity index (χ4v) is 3.13. The van der Waals surface area contributed by atoms with E-state index >= 15 is 0 Å². The van der Waals surface area contributed by atoms with Gasteiger partial charge in [0.05, 0.1) is 5.71 Å². The second-order valence-electron chi connectivity index (χ2n) is 5.82. The molecule has 0 fully saturated rings. The van der Waals surface area contributed by atoms with Crippen molar-refractivity contribution < 1.29 is 0 Å². The van der Waals surface area contributed by atoms with Crippen LogP contribution in [-0.4, -0.2) is 17.2 Å². The van der Waals surface area contributed by atoms with Crippen molar-refractivity contribution in [3.05, 3.63) is 83.7 Å². The summed E-state index contributed by atoms with van der Waals surface area (Å²) in [5.41, 5.74) is 4.78. The lowest BCUT2D eigenvalue weighted by Gasteiger charge is -2.18. The number of rotatable bonds is 2. The Morgan fingerprint density at radius 1 is 0.880 bits per heavy atom. The van der Waals surface area contributed by atoms with Crippen molar-refractivity contribution in [2.75, 3.05) is 6.54 Å². The fraction of sp³-hybridized carbons (Fsp3) is 0.217. The van der Waals surface area contributed by atoms with E-state index in [1.165, 1.54) is 16.5 Å². The predicted octanol–water partition coefficient (Wildman–Crippen LogP) is 5.93. The maximum Gasteiger partial charge on any atom is 0.0700 e. The number of fused-ring (bicyclic) bond motifs is 1. The molecular formula is C23H24N2. The summed E-state index contributed by atoms with van der Waals surface area (Å²) in [6, 6.07) is 18.9. The third-order valence-electron chi connectivity index (χ3n) is 4.24. The first-order chi connectivity index (χ1) is 12.4. The second kappa shape index (κ2) is 8.39. The third kappa shape index (κ3) is 3.85. The Bertz CT molecular complexity index is 887. The van der Waals surface area contributed by atoms with Crippen LogP contribution in [0.15, 0.2) is 77.6 Å². The summed E-state index contributed by atoms with van der Waals surface area (Å²) < 4.78 is 0. The molecule has 0 saturated carbocycles. The predicted molar refractivity (Wildman–Crippen MR) is 108 cm³/mol. The van der Waals surface area contributed by atoms with Crippen LogP contribution in [0.1, 0.15) is 37.8 Å². The second-order valence-corrected chi connectivity index (χ2v) is 5.82. The van der Waals surface area contributed by atoms with E-state index < -0.39 is 0 Å².